The van der Waals surface area contributed by atoms with E-state index in [0.717, 1.165) is 12.3 Å². The first-order valence-corrected chi connectivity index (χ1v) is 5.08. The molecule has 0 aliphatic carbocycles. The van der Waals surface area contributed by atoms with E-state index in [0.29, 0.717) is 18.2 Å². The molecular formula is C12H16N2O. The minimum Gasteiger partial charge on any atom is -0.492 e. The van der Waals surface area contributed by atoms with Gasteiger partial charge < -0.3 is 10.1 Å². The highest BCUT2D eigenvalue weighted by Gasteiger charge is 1.95. The van der Waals surface area contributed by atoms with Crippen molar-refractivity contribution in [2.24, 2.45) is 0 Å². The van der Waals surface area contributed by atoms with Gasteiger partial charge in [0.15, 0.2) is 0 Å². The molecule has 1 rings (SSSR count). The minimum atomic E-state index is 0.481. The molecule has 0 radical (unpaired) electrons. The SMILES string of the molecule is CC(C)NCCOc1ccc(C#N)cc1. The molecule has 0 amide bonds. The fourth-order valence-electron chi connectivity index (χ4n) is 1.14. The number of benzene rings is 1. The van der Waals surface area contributed by atoms with Crippen molar-refractivity contribution in [3.63, 3.8) is 0 Å². The van der Waals surface area contributed by atoms with E-state index in [2.05, 4.69) is 25.2 Å². The maximum absolute atomic E-state index is 8.60. The standard InChI is InChI=1S/C12H16N2O/c1-10(2)14-7-8-15-12-5-3-11(9-13)4-6-12/h3-6,10,14H,7-8H2,1-2H3. The van der Waals surface area contributed by atoms with Gasteiger partial charge in [0.05, 0.1) is 11.6 Å². The van der Waals surface area contributed by atoms with Gasteiger partial charge in [0, 0.05) is 12.6 Å². The van der Waals surface area contributed by atoms with E-state index in [9.17, 15) is 0 Å². The van der Waals surface area contributed by atoms with Crippen molar-refractivity contribution in [1.29, 1.82) is 5.26 Å². The molecule has 0 bridgehead atoms. The molecule has 0 aliphatic heterocycles. The van der Waals surface area contributed by atoms with Crippen molar-refractivity contribution in [1.82, 2.24) is 5.32 Å². The van der Waals surface area contributed by atoms with Crippen LogP contribution < -0.4 is 10.1 Å². The van der Waals surface area contributed by atoms with Gasteiger partial charge in [0.1, 0.15) is 12.4 Å². The smallest absolute Gasteiger partial charge is 0.119 e. The van der Waals surface area contributed by atoms with Gasteiger partial charge in [-0.3, -0.25) is 0 Å². The molecule has 0 heterocycles. The summed E-state index contributed by atoms with van der Waals surface area (Å²) in [6.45, 7) is 5.67. The Labute approximate surface area is 90.7 Å². The first kappa shape index (κ1) is 11.5. The molecule has 3 nitrogen and oxygen atoms in total. The summed E-state index contributed by atoms with van der Waals surface area (Å²) in [5.41, 5.74) is 0.655. The number of rotatable bonds is 5. The van der Waals surface area contributed by atoms with E-state index >= 15 is 0 Å². The summed E-state index contributed by atoms with van der Waals surface area (Å²) >= 11 is 0. The lowest BCUT2D eigenvalue weighted by Crippen LogP contribution is -2.27. The summed E-state index contributed by atoms with van der Waals surface area (Å²) in [6.07, 6.45) is 0. The average molecular weight is 204 g/mol. The summed E-state index contributed by atoms with van der Waals surface area (Å²) in [5, 5.41) is 11.9. The fraction of sp³-hybridized carbons (Fsp3) is 0.417. The molecule has 1 N–H and O–H groups in total. The Kier molecular flexibility index (Phi) is 4.65. The normalized spacial score (nSPS) is 10.0. The van der Waals surface area contributed by atoms with Crippen molar-refractivity contribution in [3.05, 3.63) is 29.8 Å². The lowest BCUT2D eigenvalue weighted by Gasteiger charge is -2.09. The third-order valence-corrected chi connectivity index (χ3v) is 1.91. The lowest BCUT2D eigenvalue weighted by molar-refractivity contribution is 0.309. The molecule has 0 saturated heterocycles. The van der Waals surface area contributed by atoms with Gasteiger partial charge in [-0.2, -0.15) is 5.26 Å². The van der Waals surface area contributed by atoms with Crippen LogP contribution in [0.15, 0.2) is 24.3 Å². The van der Waals surface area contributed by atoms with E-state index in [1.165, 1.54) is 0 Å². The van der Waals surface area contributed by atoms with Gasteiger partial charge in [-0.1, -0.05) is 13.8 Å². The quantitative estimate of drug-likeness (QED) is 0.745. The summed E-state index contributed by atoms with van der Waals surface area (Å²) in [4.78, 5) is 0. The van der Waals surface area contributed by atoms with Crippen LogP contribution in [0.2, 0.25) is 0 Å². The average Bonchev–Trinajstić information content (AvgIpc) is 2.25. The maximum atomic E-state index is 8.60. The van der Waals surface area contributed by atoms with Gasteiger partial charge in [-0.05, 0) is 24.3 Å². The van der Waals surface area contributed by atoms with Crippen LogP contribution in [0.25, 0.3) is 0 Å². The van der Waals surface area contributed by atoms with E-state index in [1.54, 1.807) is 12.1 Å². The van der Waals surface area contributed by atoms with Crippen LogP contribution in [-0.2, 0) is 0 Å². The number of hydrogen-bond donors (Lipinski definition) is 1. The molecule has 15 heavy (non-hydrogen) atoms. The Hall–Kier alpha value is -1.53. The Morgan fingerprint density at radius 2 is 2.00 bits per heavy atom. The second-order valence-electron chi connectivity index (χ2n) is 3.59. The van der Waals surface area contributed by atoms with Crippen molar-refractivity contribution >= 4 is 0 Å². The topological polar surface area (TPSA) is 45.0 Å². The lowest BCUT2D eigenvalue weighted by atomic mass is 10.2. The van der Waals surface area contributed by atoms with E-state index < -0.39 is 0 Å². The van der Waals surface area contributed by atoms with E-state index in [1.807, 2.05) is 12.1 Å². The zero-order valence-electron chi connectivity index (χ0n) is 9.16. The molecule has 80 valence electrons. The second-order valence-corrected chi connectivity index (χ2v) is 3.59. The number of ether oxygens (including phenoxy) is 1. The highest BCUT2D eigenvalue weighted by molar-refractivity contribution is 5.34. The van der Waals surface area contributed by atoms with Crippen LogP contribution in [0, 0.1) is 11.3 Å². The molecule has 0 saturated carbocycles. The van der Waals surface area contributed by atoms with Gasteiger partial charge >= 0.3 is 0 Å². The highest BCUT2D eigenvalue weighted by Crippen LogP contribution is 2.10. The van der Waals surface area contributed by atoms with Crippen LogP contribution in [0.1, 0.15) is 19.4 Å². The molecule has 0 aromatic heterocycles. The van der Waals surface area contributed by atoms with Gasteiger partial charge in [-0.15, -0.1) is 0 Å². The number of nitriles is 1. The summed E-state index contributed by atoms with van der Waals surface area (Å²) in [5.74, 6) is 0.805. The third-order valence-electron chi connectivity index (χ3n) is 1.91. The molecule has 0 unspecified atom stereocenters. The van der Waals surface area contributed by atoms with E-state index in [-0.39, 0.29) is 0 Å². The Morgan fingerprint density at radius 3 is 2.53 bits per heavy atom. The molecule has 0 fully saturated rings. The van der Waals surface area contributed by atoms with Crippen molar-refractivity contribution in [3.8, 4) is 11.8 Å². The van der Waals surface area contributed by atoms with Crippen LogP contribution in [0.5, 0.6) is 5.75 Å². The second kappa shape index (κ2) is 6.05. The summed E-state index contributed by atoms with van der Waals surface area (Å²) in [7, 11) is 0. The van der Waals surface area contributed by atoms with Crippen molar-refractivity contribution < 1.29 is 4.74 Å². The van der Waals surface area contributed by atoms with Crippen LogP contribution in [-0.4, -0.2) is 19.2 Å². The molecular weight excluding hydrogens is 188 g/mol. The molecule has 1 aromatic rings. The van der Waals surface area contributed by atoms with Gasteiger partial charge in [-0.25, -0.2) is 0 Å². The van der Waals surface area contributed by atoms with Gasteiger partial charge in [0.2, 0.25) is 0 Å². The molecule has 3 heteroatoms. The first-order valence-electron chi connectivity index (χ1n) is 5.08. The van der Waals surface area contributed by atoms with Crippen LogP contribution in [0.4, 0.5) is 0 Å². The Morgan fingerprint density at radius 1 is 1.33 bits per heavy atom. The Bertz CT molecular complexity index is 324. The zero-order chi connectivity index (χ0) is 11.1. The summed E-state index contributed by atoms with van der Waals surface area (Å²) < 4.78 is 5.48. The number of nitrogens with one attached hydrogen (secondary N) is 1. The monoisotopic (exact) mass is 204 g/mol. The fourth-order valence-corrected chi connectivity index (χ4v) is 1.14. The number of hydrogen-bond acceptors (Lipinski definition) is 3. The van der Waals surface area contributed by atoms with Crippen LogP contribution >= 0.6 is 0 Å². The predicted octanol–water partition coefficient (Wildman–Crippen LogP) is 1.94. The molecule has 1 aromatic carbocycles. The Balaban J connectivity index is 2.29. The van der Waals surface area contributed by atoms with Crippen LogP contribution in [0.3, 0.4) is 0 Å². The zero-order valence-corrected chi connectivity index (χ0v) is 9.16. The molecule has 0 atom stereocenters. The minimum absolute atomic E-state index is 0.481. The maximum Gasteiger partial charge on any atom is 0.119 e. The van der Waals surface area contributed by atoms with Gasteiger partial charge in [0.25, 0.3) is 0 Å². The summed E-state index contributed by atoms with van der Waals surface area (Å²) in [6, 6.07) is 9.69. The van der Waals surface area contributed by atoms with Crippen molar-refractivity contribution in [2.45, 2.75) is 19.9 Å². The largest absolute Gasteiger partial charge is 0.492 e. The molecule has 0 spiro atoms. The first-order chi connectivity index (χ1) is 7.22. The van der Waals surface area contributed by atoms with E-state index in [4.69, 9.17) is 10.00 Å². The molecule has 0 aliphatic rings. The third kappa shape index (κ3) is 4.48. The highest BCUT2D eigenvalue weighted by atomic mass is 16.5. The predicted molar refractivity (Wildman–Crippen MR) is 59.8 cm³/mol. The number of nitrogens with zero attached hydrogens (tertiary/aromatic N) is 1. The van der Waals surface area contributed by atoms with Crippen molar-refractivity contribution in [2.75, 3.05) is 13.2 Å².